The molecule has 0 saturated carbocycles. The molecule has 2 rings (SSSR count). The fourth-order valence-corrected chi connectivity index (χ4v) is 1.73. The summed E-state index contributed by atoms with van der Waals surface area (Å²) in [6, 6.07) is 0. The average Bonchev–Trinajstić information content (AvgIpc) is 2.15. The third-order valence-electron chi connectivity index (χ3n) is 2.47. The molecule has 76 valence electrons. The molecule has 0 N–H and O–H groups in total. The molecule has 0 radical (unpaired) electrons. The molecule has 5 heteroatoms. The third kappa shape index (κ3) is 1.74. The van der Waals surface area contributed by atoms with Crippen molar-refractivity contribution in [3.8, 4) is 0 Å². The van der Waals surface area contributed by atoms with Crippen LogP contribution in [0.2, 0.25) is 0 Å². The van der Waals surface area contributed by atoms with E-state index >= 15 is 0 Å². The Balaban J connectivity index is 2.03. The summed E-state index contributed by atoms with van der Waals surface area (Å²) in [4.78, 5) is 10.5. The van der Waals surface area contributed by atoms with Crippen LogP contribution in [-0.2, 0) is 4.74 Å². The zero-order chi connectivity index (χ0) is 10.2. The average molecular weight is 258 g/mol. The number of ether oxygens (including phenoxy) is 1. The number of methoxy groups -OCH3 is 1. The van der Waals surface area contributed by atoms with Crippen molar-refractivity contribution < 1.29 is 4.74 Å². The third-order valence-corrected chi connectivity index (χ3v) is 2.88. The molecule has 0 atom stereocenters. The van der Waals surface area contributed by atoms with Crippen molar-refractivity contribution in [1.29, 1.82) is 0 Å². The number of hydrogen-bond donors (Lipinski definition) is 0. The van der Waals surface area contributed by atoms with Crippen LogP contribution in [0.1, 0.15) is 6.92 Å². The first-order valence-electron chi connectivity index (χ1n) is 4.41. The summed E-state index contributed by atoms with van der Waals surface area (Å²) in [6.07, 6.45) is 3.47. The van der Waals surface area contributed by atoms with Crippen molar-refractivity contribution in [2.75, 3.05) is 25.1 Å². The Bertz CT molecular complexity index is 321. The molecule has 1 fully saturated rings. The van der Waals surface area contributed by atoms with Crippen LogP contribution in [0.4, 0.5) is 5.82 Å². The lowest BCUT2D eigenvalue weighted by atomic mass is 9.97. The largest absolute Gasteiger partial charge is 0.375 e. The molecule has 0 unspecified atom stereocenters. The zero-order valence-electron chi connectivity index (χ0n) is 8.20. The lowest BCUT2D eigenvalue weighted by Gasteiger charge is -2.47. The van der Waals surface area contributed by atoms with Gasteiger partial charge < -0.3 is 9.64 Å². The molecule has 1 aromatic heterocycles. The monoisotopic (exact) mass is 257 g/mol. The van der Waals surface area contributed by atoms with E-state index in [1.165, 1.54) is 0 Å². The minimum atomic E-state index is -0.0191. The molecule has 1 aliphatic rings. The summed E-state index contributed by atoms with van der Waals surface area (Å²) >= 11 is 3.25. The van der Waals surface area contributed by atoms with E-state index in [0.29, 0.717) is 0 Å². The maximum Gasteiger partial charge on any atom is 0.147 e. The molecule has 14 heavy (non-hydrogen) atoms. The maximum atomic E-state index is 5.35. The van der Waals surface area contributed by atoms with Gasteiger partial charge in [-0.2, -0.15) is 0 Å². The van der Waals surface area contributed by atoms with Gasteiger partial charge in [-0.1, -0.05) is 0 Å². The lowest BCUT2D eigenvalue weighted by molar-refractivity contribution is -0.0171. The molecule has 1 aromatic rings. The fourth-order valence-electron chi connectivity index (χ4n) is 1.52. The molecule has 0 amide bonds. The molecule has 1 saturated heterocycles. The second-order valence-electron chi connectivity index (χ2n) is 3.71. The number of aromatic nitrogens is 2. The first-order chi connectivity index (χ1) is 6.63. The van der Waals surface area contributed by atoms with Crippen LogP contribution < -0.4 is 4.90 Å². The number of nitrogens with zero attached hydrogens (tertiary/aromatic N) is 3. The van der Waals surface area contributed by atoms with E-state index in [9.17, 15) is 0 Å². The van der Waals surface area contributed by atoms with Gasteiger partial charge >= 0.3 is 0 Å². The first kappa shape index (κ1) is 9.86. The molecule has 1 aliphatic heterocycles. The fraction of sp³-hybridized carbons (Fsp3) is 0.556. The maximum absolute atomic E-state index is 5.35. The number of halogens is 1. The van der Waals surface area contributed by atoms with Crippen LogP contribution in [-0.4, -0.2) is 35.8 Å². The van der Waals surface area contributed by atoms with Crippen molar-refractivity contribution in [3.05, 3.63) is 17.0 Å². The Morgan fingerprint density at radius 2 is 2.14 bits per heavy atom. The Hall–Kier alpha value is -0.680. The molecule has 0 aromatic carbocycles. The van der Waals surface area contributed by atoms with Crippen molar-refractivity contribution in [2.24, 2.45) is 0 Å². The lowest BCUT2D eigenvalue weighted by Crippen LogP contribution is -2.61. The highest BCUT2D eigenvalue weighted by molar-refractivity contribution is 9.10. The number of anilines is 1. The van der Waals surface area contributed by atoms with Gasteiger partial charge in [0.25, 0.3) is 0 Å². The van der Waals surface area contributed by atoms with E-state index in [-0.39, 0.29) is 5.60 Å². The first-order valence-corrected chi connectivity index (χ1v) is 5.20. The van der Waals surface area contributed by atoms with Crippen LogP contribution in [0.3, 0.4) is 0 Å². The molecule has 4 nitrogen and oxygen atoms in total. The van der Waals surface area contributed by atoms with Gasteiger partial charge in [-0.3, -0.25) is 0 Å². The highest BCUT2D eigenvalue weighted by Gasteiger charge is 2.39. The highest BCUT2D eigenvalue weighted by atomic mass is 79.9. The predicted molar refractivity (Wildman–Crippen MR) is 57.4 cm³/mol. The van der Waals surface area contributed by atoms with Crippen molar-refractivity contribution in [2.45, 2.75) is 12.5 Å². The zero-order valence-corrected chi connectivity index (χ0v) is 9.78. The van der Waals surface area contributed by atoms with E-state index in [1.807, 2.05) is 0 Å². The van der Waals surface area contributed by atoms with Gasteiger partial charge in [0.1, 0.15) is 10.4 Å². The van der Waals surface area contributed by atoms with Crippen LogP contribution in [0.5, 0.6) is 0 Å². The second-order valence-corrected chi connectivity index (χ2v) is 4.52. The van der Waals surface area contributed by atoms with Gasteiger partial charge in [-0.25, -0.2) is 9.97 Å². The van der Waals surface area contributed by atoms with E-state index in [2.05, 4.69) is 37.7 Å². The van der Waals surface area contributed by atoms with Crippen LogP contribution in [0, 0.1) is 0 Å². The number of hydrogen-bond acceptors (Lipinski definition) is 4. The minimum Gasteiger partial charge on any atom is -0.375 e. The molecular weight excluding hydrogens is 246 g/mol. The Morgan fingerprint density at radius 3 is 2.64 bits per heavy atom. The summed E-state index contributed by atoms with van der Waals surface area (Å²) in [5, 5.41) is 0. The summed E-state index contributed by atoms with van der Waals surface area (Å²) in [5.74, 6) is 0.905. The van der Waals surface area contributed by atoms with Crippen molar-refractivity contribution in [3.63, 3.8) is 0 Å². The van der Waals surface area contributed by atoms with Crippen LogP contribution in [0.15, 0.2) is 17.0 Å². The van der Waals surface area contributed by atoms with E-state index in [4.69, 9.17) is 4.74 Å². The van der Waals surface area contributed by atoms with Gasteiger partial charge in [0.05, 0.1) is 31.1 Å². The quantitative estimate of drug-likeness (QED) is 0.805. The minimum absolute atomic E-state index is 0.0191. The molecule has 2 heterocycles. The van der Waals surface area contributed by atoms with E-state index in [0.717, 1.165) is 23.5 Å². The number of rotatable bonds is 2. The van der Waals surface area contributed by atoms with E-state index < -0.39 is 0 Å². The normalized spacial score (nSPS) is 19.2. The molecular formula is C9H12BrN3O. The summed E-state index contributed by atoms with van der Waals surface area (Å²) < 4.78 is 6.11. The van der Waals surface area contributed by atoms with Crippen molar-refractivity contribution in [1.82, 2.24) is 9.97 Å². The van der Waals surface area contributed by atoms with Gasteiger partial charge in [0.15, 0.2) is 0 Å². The Labute approximate surface area is 91.4 Å². The smallest absolute Gasteiger partial charge is 0.147 e. The second kappa shape index (κ2) is 3.47. The van der Waals surface area contributed by atoms with E-state index in [1.54, 1.807) is 19.5 Å². The van der Waals surface area contributed by atoms with Gasteiger partial charge in [0.2, 0.25) is 0 Å². The SMILES string of the molecule is COC1(C)CN(c2cnc(Br)cn2)C1. The molecule has 0 aliphatic carbocycles. The van der Waals surface area contributed by atoms with Gasteiger partial charge in [-0.15, -0.1) is 0 Å². The van der Waals surface area contributed by atoms with Crippen LogP contribution in [0.25, 0.3) is 0 Å². The Kier molecular flexibility index (Phi) is 2.45. The summed E-state index contributed by atoms with van der Waals surface area (Å²) in [5.41, 5.74) is -0.0191. The van der Waals surface area contributed by atoms with Crippen molar-refractivity contribution >= 4 is 21.7 Å². The van der Waals surface area contributed by atoms with Gasteiger partial charge in [-0.05, 0) is 22.9 Å². The summed E-state index contributed by atoms with van der Waals surface area (Å²) in [7, 11) is 1.74. The standard InChI is InChI=1S/C9H12BrN3O/c1-9(14-2)5-13(6-9)8-4-11-7(10)3-12-8/h3-4H,5-6H2,1-2H3. The van der Waals surface area contributed by atoms with Crippen LogP contribution >= 0.6 is 15.9 Å². The highest BCUT2D eigenvalue weighted by Crippen LogP contribution is 2.27. The van der Waals surface area contributed by atoms with Gasteiger partial charge in [0, 0.05) is 7.11 Å². The predicted octanol–water partition coefficient (Wildman–Crippen LogP) is 1.46. The topological polar surface area (TPSA) is 38.2 Å². The summed E-state index contributed by atoms with van der Waals surface area (Å²) in [6.45, 7) is 3.84. The molecule has 0 spiro atoms. The molecule has 0 bridgehead atoms. The Morgan fingerprint density at radius 1 is 1.43 bits per heavy atom.